The van der Waals surface area contributed by atoms with E-state index in [1.165, 1.54) is 24.4 Å². The Labute approximate surface area is 226 Å². The van der Waals surface area contributed by atoms with Crippen molar-refractivity contribution in [2.75, 3.05) is 15.4 Å². The van der Waals surface area contributed by atoms with Gasteiger partial charge in [-0.25, -0.2) is 13.4 Å². The lowest BCUT2D eigenvalue weighted by Gasteiger charge is -2.12. The van der Waals surface area contributed by atoms with Crippen molar-refractivity contribution in [2.24, 2.45) is 0 Å². The van der Waals surface area contributed by atoms with Crippen LogP contribution in [0.3, 0.4) is 0 Å². The molecule has 4 rings (SSSR count). The number of pyridine rings is 1. The second-order valence-corrected chi connectivity index (χ2v) is 10.2. The van der Waals surface area contributed by atoms with Crippen LogP contribution in [-0.4, -0.2) is 24.3 Å². The summed E-state index contributed by atoms with van der Waals surface area (Å²) >= 11 is 5.36. The lowest BCUT2D eigenvalue weighted by Crippen LogP contribution is -2.19. The zero-order valence-corrected chi connectivity index (χ0v) is 21.8. The summed E-state index contributed by atoms with van der Waals surface area (Å²) in [6.45, 7) is 0.637. The molecule has 4 N–H and O–H groups in total. The van der Waals surface area contributed by atoms with Gasteiger partial charge in [0, 0.05) is 42.0 Å². The standard InChI is InChI=1S/C28H25N5O3S2/c34-26(17-19-29-20-21-6-2-1-3-7-21)22-9-11-23(12-10-22)31-28(37)32-24-13-15-25(16-14-24)38(35,36)33-27-8-4-5-18-30-27/h1-19,29H,20H2,(H,30,33)(H2,31,32,37)/b19-17+. The van der Waals surface area contributed by atoms with Gasteiger partial charge >= 0.3 is 0 Å². The Hall–Kier alpha value is -4.54. The highest BCUT2D eigenvalue weighted by atomic mass is 32.2. The minimum Gasteiger partial charge on any atom is -0.387 e. The summed E-state index contributed by atoms with van der Waals surface area (Å²) in [6, 6.07) is 28.0. The van der Waals surface area contributed by atoms with Crippen LogP contribution in [0.4, 0.5) is 17.2 Å². The van der Waals surface area contributed by atoms with Crippen LogP contribution in [0.25, 0.3) is 0 Å². The number of ketones is 1. The molecule has 3 aromatic carbocycles. The molecule has 1 aromatic heterocycles. The smallest absolute Gasteiger partial charge is 0.263 e. The molecule has 0 spiro atoms. The van der Waals surface area contributed by atoms with Crippen LogP contribution in [0.15, 0.2) is 120 Å². The lowest BCUT2D eigenvalue weighted by molar-refractivity contribution is 0.104. The fraction of sp³-hybridized carbons (Fsp3) is 0.0357. The average Bonchev–Trinajstić information content (AvgIpc) is 2.92. The Morgan fingerprint density at radius 1 is 0.816 bits per heavy atom. The maximum Gasteiger partial charge on any atom is 0.263 e. The van der Waals surface area contributed by atoms with Gasteiger partial charge in [-0.3, -0.25) is 9.52 Å². The molecule has 0 aliphatic heterocycles. The Morgan fingerprint density at radius 2 is 1.45 bits per heavy atom. The molecule has 0 aliphatic rings. The second kappa shape index (κ2) is 12.6. The fourth-order valence-electron chi connectivity index (χ4n) is 3.35. The number of carbonyl (C=O) groups is 1. The number of anilines is 3. The van der Waals surface area contributed by atoms with Crippen molar-refractivity contribution in [1.82, 2.24) is 10.3 Å². The highest BCUT2D eigenvalue weighted by molar-refractivity contribution is 7.92. The number of nitrogens with zero attached hydrogens (tertiary/aromatic N) is 1. The molecular formula is C28H25N5O3S2. The first-order valence-corrected chi connectivity index (χ1v) is 13.5. The van der Waals surface area contributed by atoms with Gasteiger partial charge in [-0.1, -0.05) is 36.4 Å². The number of thiocarbonyl (C=S) groups is 1. The Kier molecular flexibility index (Phi) is 8.81. The van der Waals surface area contributed by atoms with Gasteiger partial charge in [-0.15, -0.1) is 0 Å². The van der Waals surface area contributed by atoms with Crippen LogP contribution in [0, 0.1) is 0 Å². The summed E-state index contributed by atoms with van der Waals surface area (Å²) in [4.78, 5) is 16.5. The third-order valence-electron chi connectivity index (χ3n) is 5.26. The van der Waals surface area contributed by atoms with Gasteiger partial charge in [0.15, 0.2) is 10.9 Å². The molecule has 0 radical (unpaired) electrons. The number of rotatable bonds is 10. The van der Waals surface area contributed by atoms with E-state index in [2.05, 4.69) is 25.7 Å². The molecule has 0 atom stereocenters. The predicted molar refractivity (Wildman–Crippen MR) is 155 cm³/mol. The van der Waals surface area contributed by atoms with Gasteiger partial charge in [0.1, 0.15) is 5.82 Å². The monoisotopic (exact) mass is 543 g/mol. The molecule has 0 unspecified atom stereocenters. The van der Waals surface area contributed by atoms with Crippen LogP contribution in [0.1, 0.15) is 15.9 Å². The number of allylic oxidation sites excluding steroid dienone is 1. The van der Waals surface area contributed by atoms with Crippen LogP contribution in [0.5, 0.6) is 0 Å². The number of hydrogen-bond donors (Lipinski definition) is 4. The van der Waals surface area contributed by atoms with Crippen LogP contribution < -0.4 is 20.7 Å². The summed E-state index contributed by atoms with van der Waals surface area (Å²) in [5.41, 5.74) is 2.98. The Balaban J connectivity index is 1.26. The minimum absolute atomic E-state index is 0.0946. The van der Waals surface area contributed by atoms with Crippen LogP contribution in [-0.2, 0) is 16.6 Å². The highest BCUT2D eigenvalue weighted by Crippen LogP contribution is 2.18. The third kappa shape index (κ3) is 7.73. The molecule has 0 amide bonds. The molecule has 1 heterocycles. The van der Waals surface area contributed by atoms with E-state index in [0.29, 0.717) is 28.6 Å². The average molecular weight is 544 g/mol. The van der Waals surface area contributed by atoms with Crippen LogP contribution >= 0.6 is 12.2 Å². The van der Waals surface area contributed by atoms with Gasteiger partial charge in [0.2, 0.25) is 0 Å². The molecular weight excluding hydrogens is 518 g/mol. The zero-order chi connectivity index (χ0) is 26.8. The van der Waals surface area contributed by atoms with Gasteiger partial charge < -0.3 is 16.0 Å². The molecule has 0 saturated heterocycles. The van der Waals surface area contributed by atoms with Crippen molar-refractivity contribution in [3.63, 3.8) is 0 Å². The summed E-state index contributed by atoms with van der Waals surface area (Å²) in [5.74, 6) is 0.119. The number of hydrogen-bond acceptors (Lipinski definition) is 6. The predicted octanol–water partition coefficient (Wildman–Crippen LogP) is 5.18. The van der Waals surface area contributed by atoms with Crippen molar-refractivity contribution in [3.8, 4) is 0 Å². The first kappa shape index (κ1) is 26.5. The first-order chi connectivity index (χ1) is 18.4. The fourth-order valence-corrected chi connectivity index (χ4v) is 4.60. The molecule has 0 bridgehead atoms. The minimum atomic E-state index is -3.76. The second-order valence-electron chi connectivity index (χ2n) is 8.07. The number of aromatic nitrogens is 1. The summed E-state index contributed by atoms with van der Waals surface area (Å²) < 4.78 is 27.5. The quantitative estimate of drug-likeness (QED) is 0.123. The molecule has 0 saturated carbocycles. The first-order valence-electron chi connectivity index (χ1n) is 11.6. The van der Waals surface area contributed by atoms with Gasteiger partial charge in [0.25, 0.3) is 10.0 Å². The number of benzene rings is 3. The van der Waals surface area contributed by atoms with Crippen molar-refractivity contribution < 1.29 is 13.2 Å². The third-order valence-corrected chi connectivity index (χ3v) is 6.83. The van der Waals surface area contributed by atoms with Gasteiger partial charge in [-0.2, -0.15) is 0 Å². The SMILES string of the molecule is O=C(/C=C/NCc1ccccc1)c1ccc(NC(=S)Nc2ccc(S(=O)(=O)Nc3ccccn3)cc2)cc1. The van der Waals surface area contributed by atoms with Crippen molar-refractivity contribution >= 4 is 50.3 Å². The molecule has 38 heavy (non-hydrogen) atoms. The summed E-state index contributed by atoms with van der Waals surface area (Å²) in [6.07, 6.45) is 4.64. The van der Waals surface area contributed by atoms with E-state index in [-0.39, 0.29) is 16.5 Å². The van der Waals surface area contributed by atoms with E-state index in [1.54, 1.807) is 60.8 Å². The van der Waals surface area contributed by atoms with E-state index in [0.717, 1.165) is 5.56 Å². The highest BCUT2D eigenvalue weighted by Gasteiger charge is 2.14. The molecule has 192 valence electrons. The molecule has 0 aliphatic carbocycles. The number of sulfonamides is 1. The van der Waals surface area contributed by atoms with E-state index >= 15 is 0 Å². The maximum absolute atomic E-state index is 12.5. The van der Waals surface area contributed by atoms with Gasteiger partial charge in [0.05, 0.1) is 4.90 Å². The van der Waals surface area contributed by atoms with E-state index < -0.39 is 10.0 Å². The van der Waals surface area contributed by atoms with Gasteiger partial charge in [-0.05, 0) is 78.4 Å². The van der Waals surface area contributed by atoms with E-state index in [4.69, 9.17) is 12.2 Å². The molecule has 4 aromatic rings. The van der Waals surface area contributed by atoms with Crippen molar-refractivity contribution in [3.05, 3.63) is 127 Å². The van der Waals surface area contributed by atoms with E-state index in [1.807, 2.05) is 30.3 Å². The summed E-state index contributed by atoms with van der Waals surface area (Å²) in [7, 11) is -3.76. The summed E-state index contributed by atoms with van der Waals surface area (Å²) in [5, 5.41) is 9.48. The number of nitrogens with one attached hydrogen (secondary N) is 4. The molecule has 8 nitrogen and oxygen atoms in total. The largest absolute Gasteiger partial charge is 0.387 e. The number of carbonyl (C=O) groups excluding carboxylic acids is 1. The topological polar surface area (TPSA) is 112 Å². The maximum atomic E-state index is 12.5. The Morgan fingerprint density at radius 3 is 2.08 bits per heavy atom. The molecule has 0 fully saturated rings. The normalized spacial score (nSPS) is 11.1. The van der Waals surface area contributed by atoms with Crippen LogP contribution in [0.2, 0.25) is 0 Å². The van der Waals surface area contributed by atoms with E-state index in [9.17, 15) is 13.2 Å². The van der Waals surface area contributed by atoms with Crippen molar-refractivity contribution in [2.45, 2.75) is 11.4 Å². The molecule has 10 heteroatoms. The Bertz CT molecular complexity index is 1510. The lowest BCUT2D eigenvalue weighted by atomic mass is 10.1. The zero-order valence-electron chi connectivity index (χ0n) is 20.2. The van der Waals surface area contributed by atoms with Crippen molar-refractivity contribution in [1.29, 1.82) is 0 Å².